The van der Waals surface area contributed by atoms with Gasteiger partial charge in [0.15, 0.2) is 0 Å². The van der Waals surface area contributed by atoms with Crippen molar-refractivity contribution >= 4 is 21.8 Å². The maximum Gasteiger partial charge on any atom is 0.253 e. The molecule has 1 unspecified atom stereocenters. The Balaban J connectivity index is 1.99. The fourth-order valence-corrected chi connectivity index (χ4v) is 3.01. The molecule has 1 amide bonds. The van der Waals surface area contributed by atoms with E-state index in [0.29, 0.717) is 22.0 Å². The Hall–Kier alpha value is -0.940. The lowest BCUT2D eigenvalue weighted by molar-refractivity contribution is 0.0672. The molecule has 1 heterocycles. The SMILES string of the molecule is CC(C)NCC1CCCN(C(=O)c2ccc(F)c(Br)c2)C1. The van der Waals surface area contributed by atoms with Crippen molar-refractivity contribution in [3.8, 4) is 0 Å². The van der Waals surface area contributed by atoms with Gasteiger partial charge < -0.3 is 10.2 Å². The third-order valence-electron chi connectivity index (χ3n) is 3.79. The van der Waals surface area contributed by atoms with Crippen molar-refractivity contribution in [3.63, 3.8) is 0 Å². The van der Waals surface area contributed by atoms with Gasteiger partial charge >= 0.3 is 0 Å². The van der Waals surface area contributed by atoms with Gasteiger partial charge in [-0.05, 0) is 59.4 Å². The van der Waals surface area contributed by atoms with Crippen LogP contribution < -0.4 is 5.32 Å². The zero-order valence-corrected chi connectivity index (χ0v) is 14.1. The largest absolute Gasteiger partial charge is 0.338 e. The molecular formula is C16H22BrFN2O. The van der Waals surface area contributed by atoms with Crippen molar-refractivity contribution in [1.29, 1.82) is 0 Å². The molecule has 1 aliphatic heterocycles. The number of halogens is 2. The number of carbonyl (C=O) groups is 1. The highest BCUT2D eigenvalue weighted by molar-refractivity contribution is 9.10. The number of nitrogens with one attached hydrogen (secondary N) is 1. The topological polar surface area (TPSA) is 32.3 Å². The quantitative estimate of drug-likeness (QED) is 0.895. The molecule has 0 bridgehead atoms. The molecule has 1 aliphatic rings. The number of nitrogens with zero attached hydrogens (tertiary/aromatic N) is 1. The number of benzene rings is 1. The Labute approximate surface area is 134 Å². The molecule has 2 rings (SSSR count). The summed E-state index contributed by atoms with van der Waals surface area (Å²) in [4.78, 5) is 14.4. The minimum atomic E-state index is -0.343. The molecule has 0 spiro atoms. The van der Waals surface area contributed by atoms with E-state index < -0.39 is 0 Å². The van der Waals surface area contributed by atoms with Crippen LogP contribution in [0.5, 0.6) is 0 Å². The minimum absolute atomic E-state index is 0.00931. The fourth-order valence-electron chi connectivity index (χ4n) is 2.63. The van der Waals surface area contributed by atoms with E-state index in [-0.39, 0.29) is 11.7 Å². The van der Waals surface area contributed by atoms with Gasteiger partial charge in [0.1, 0.15) is 5.82 Å². The first-order valence-electron chi connectivity index (χ1n) is 7.45. The summed E-state index contributed by atoms with van der Waals surface area (Å²) in [6, 6.07) is 4.91. The molecular weight excluding hydrogens is 335 g/mol. The van der Waals surface area contributed by atoms with E-state index >= 15 is 0 Å². The van der Waals surface area contributed by atoms with E-state index in [1.807, 2.05) is 4.90 Å². The Bertz CT molecular complexity index is 507. The van der Waals surface area contributed by atoms with Crippen LogP contribution in [0.1, 0.15) is 37.0 Å². The second-order valence-electron chi connectivity index (χ2n) is 5.95. The summed E-state index contributed by atoms with van der Waals surface area (Å²) in [5.74, 6) is 0.142. The summed E-state index contributed by atoms with van der Waals surface area (Å²) >= 11 is 3.14. The summed E-state index contributed by atoms with van der Waals surface area (Å²) < 4.78 is 13.6. The van der Waals surface area contributed by atoms with E-state index in [0.717, 1.165) is 32.5 Å². The second kappa shape index (κ2) is 7.36. The molecule has 1 N–H and O–H groups in total. The molecule has 1 fully saturated rings. The summed E-state index contributed by atoms with van der Waals surface area (Å²) in [5, 5.41) is 3.44. The highest BCUT2D eigenvalue weighted by atomic mass is 79.9. The summed E-state index contributed by atoms with van der Waals surface area (Å²) in [5.41, 5.74) is 0.542. The van der Waals surface area contributed by atoms with Gasteiger partial charge in [-0.2, -0.15) is 0 Å². The number of piperidine rings is 1. The maximum atomic E-state index is 13.3. The average molecular weight is 357 g/mol. The molecule has 1 aromatic carbocycles. The Morgan fingerprint density at radius 2 is 2.29 bits per heavy atom. The van der Waals surface area contributed by atoms with Crippen LogP contribution >= 0.6 is 15.9 Å². The molecule has 0 saturated carbocycles. The molecule has 21 heavy (non-hydrogen) atoms. The Morgan fingerprint density at radius 3 is 2.95 bits per heavy atom. The number of rotatable bonds is 4. The normalized spacial score (nSPS) is 19.1. The first-order chi connectivity index (χ1) is 9.97. The van der Waals surface area contributed by atoms with Crippen molar-refractivity contribution in [2.45, 2.75) is 32.7 Å². The smallest absolute Gasteiger partial charge is 0.253 e. The van der Waals surface area contributed by atoms with Gasteiger partial charge in [0.05, 0.1) is 4.47 Å². The van der Waals surface area contributed by atoms with Crippen LogP contribution in [0.4, 0.5) is 4.39 Å². The number of likely N-dealkylation sites (tertiary alicyclic amines) is 1. The first kappa shape index (κ1) is 16.4. The van der Waals surface area contributed by atoms with Gasteiger partial charge in [-0.3, -0.25) is 4.79 Å². The van der Waals surface area contributed by atoms with Crippen molar-refractivity contribution in [2.75, 3.05) is 19.6 Å². The van der Waals surface area contributed by atoms with Crippen LogP contribution in [0, 0.1) is 11.7 Å². The molecule has 3 nitrogen and oxygen atoms in total. The van der Waals surface area contributed by atoms with Crippen molar-refractivity contribution in [3.05, 3.63) is 34.1 Å². The van der Waals surface area contributed by atoms with E-state index in [4.69, 9.17) is 0 Å². The van der Waals surface area contributed by atoms with Crippen molar-refractivity contribution < 1.29 is 9.18 Å². The lowest BCUT2D eigenvalue weighted by atomic mass is 9.97. The lowest BCUT2D eigenvalue weighted by Gasteiger charge is -2.33. The van der Waals surface area contributed by atoms with Gasteiger partial charge in [-0.25, -0.2) is 4.39 Å². The van der Waals surface area contributed by atoms with Crippen LogP contribution in [0.3, 0.4) is 0 Å². The Morgan fingerprint density at radius 1 is 1.52 bits per heavy atom. The van der Waals surface area contributed by atoms with Crippen molar-refractivity contribution in [1.82, 2.24) is 10.2 Å². The average Bonchev–Trinajstić information content (AvgIpc) is 2.47. The lowest BCUT2D eigenvalue weighted by Crippen LogP contribution is -2.43. The monoisotopic (exact) mass is 356 g/mol. The van der Waals surface area contributed by atoms with Gasteiger partial charge in [0, 0.05) is 24.7 Å². The fraction of sp³-hybridized carbons (Fsp3) is 0.562. The number of amides is 1. The highest BCUT2D eigenvalue weighted by Gasteiger charge is 2.24. The minimum Gasteiger partial charge on any atom is -0.338 e. The molecule has 1 saturated heterocycles. The van der Waals surface area contributed by atoms with Crippen LogP contribution in [-0.4, -0.2) is 36.5 Å². The zero-order valence-electron chi connectivity index (χ0n) is 12.5. The van der Waals surface area contributed by atoms with Gasteiger partial charge in [0.25, 0.3) is 5.91 Å². The number of carbonyl (C=O) groups excluding carboxylic acids is 1. The maximum absolute atomic E-state index is 13.3. The third kappa shape index (κ3) is 4.51. The van der Waals surface area contributed by atoms with Crippen LogP contribution in [-0.2, 0) is 0 Å². The van der Waals surface area contributed by atoms with E-state index in [1.165, 1.54) is 6.07 Å². The standard InChI is InChI=1S/C16H22BrFN2O/c1-11(2)19-9-12-4-3-7-20(10-12)16(21)13-5-6-15(18)14(17)8-13/h5-6,8,11-12,19H,3-4,7,9-10H2,1-2H3. The molecule has 1 atom stereocenters. The van der Waals surface area contributed by atoms with E-state index in [1.54, 1.807) is 12.1 Å². The molecule has 1 aromatic rings. The summed E-state index contributed by atoms with van der Waals surface area (Å²) in [6.45, 7) is 6.75. The summed E-state index contributed by atoms with van der Waals surface area (Å²) in [7, 11) is 0. The molecule has 0 aliphatic carbocycles. The van der Waals surface area contributed by atoms with Gasteiger partial charge in [0.2, 0.25) is 0 Å². The molecule has 0 radical (unpaired) electrons. The van der Waals surface area contributed by atoms with Crippen molar-refractivity contribution in [2.24, 2.45) is 5.92 Å². The van der Waals surface area contributed by atoms with Gasteiger partial charge in [-0.15, -0.1) is 0 Å². The van der Waals surface area contributed by atoms with E-state index in [2.05, 4.69) is 35.1 Å². The predicted molar refractivity (Wildman–Crippen MR) is 85.9 cm³/mol. The Kier molecular flexibility index (Phi) is 5.76. The highest BCUT2D eigenvalue weighted by Crippen LogP contribution is 2.21. The molecule has 5 heteroatoms. The predicted octanol–water partition coefficient (Wildman–Crippen LogP) is 3.44. The molecule has 116 valence electrons. The van der Waals surface area contributed by atoms with Crippen LogP contribution in [0.15, 0.2) is 22.7 Å². The number of hydrogen-bond acceptors (Lipinski definition) is 2. The zero-order chi connectivity index (χ0) is 15.4. The number of hydrogen-bond donors (Lipinski definition) is 1. The second-order valence-corrected chi connectivity index (χ2v) is 6.81. The molecule has 0 aromatic heterocycles. The third-order valence-corrected chi connectivity index (χ3v) is 4.40. The van der Waals surface area contributed by atoms with Gasteiger partial charge in [-0.1, -0.05) is 13.8 Å². The first-order valence-corrected chi connectivity index (χ1v) is 8.24. The van der Waals surface area contributed by atoms with Crippen LogP contribution in [0.2, 0.25) is 0 Å². The summed E-state index contributed by atoms with van der Waals surface area (Å²) in [6.07, 6.45) is 2.18. The van der Waals surface area contributed by atoms with E-state index in [9.17, 15) is 9.18 Å². The van der Waals surface area contributed by atoms with Crippen LogP contribution in [0.25, 0.3) is 0 Å².